The Hall–Kier alpha value is -4.52. The molecular weight excluding hydrogens is 999 g/mol. The van der Waals surface area contributed by atoms with E-state index in [-0.39, 0.29) is 77.0 Å². The van der Waals surface area contributed by atoms with E-state index in [0.717, 1.165) is 19.3 Å². The number of hydrogen-bond acceptors (Lipinski definition) is 9. The van der Waals surface area contributed by atoms with Crippen LogP contribution in [-0.2, 0) is 43.5 Å². The number of nitrogens with one attached hydrogen (secondary N) is 3. The van der Waals surface area contributed by atoms with Crippen molar-refractivity contribution in [1.29, 1.82) is 0 Å². The summed E-state index contributed by atoms with van der Waals surface area (Å²) >= 11 is 16.9. The number of benzene rings is 3. The molecule has 3 aliphatic heterocycles. The van der Waals surface area contributed by atoms with Gasteiger partial charge in [-0.3, -0.25) is 19.4 Å². The lowest BCUT2D eigenvalue weighted by atomic mass is 10.1. The highest BCUT2D eigenvalue weighted by atomic mass is 35.5. The highest BCUT2D eigenvalue weighted by Gasteiger charge is 2.58. The van der Waals surface area contributed by atoms with Crippen molar-refractivity contribution in [2.75, 3.05) is 0 Å². The summed E-state index contributed by atoms with van der Waals surface area (Å²) in [6, 6.07) is 13.6. The number of carboxylic acid groups (broad SMARTS) is 1. The lowest BCUT2D eigenvalue weighted by molar-refractivity contribution is -0.142. The van der Waals surface area contributed by atoms with Gasteiger partial charge in [-0.25, -0.2) is 27.6 Å². The monoisotopic (exact) mass is 1060 g/mol. The van der Waals surface area contributed by atoms with Gasteiger partial charge >= 0.3 is 18.2 Å². The van der Waals surface area contributed by atoms with Crippen LogP contribution in [0.3, 0.4) is 0 Å². The van der Waals surface area contributed by atoms with E-state index < -0.39 is 58.9 Å². The van der Waals surface area contributed by atoms with Crippen LogP contribution < -0.4 is 21.7 Å². The van der Waals surface area contributed by atoms with Crippen molar-refractivity contribution < 1.29 is 51.7 Å². The molecule has 6 fully saturated rings. The average Bonchev–Trinajstić information content (AvgIpc) is 4.24. The van der Waals surface area contributed by atoms with Gasteiger partial charge in [0.05, 0.1) is 21.1 Å². The largest absolute Gasteiger partial charge is 0.480 e. The van der Waals surface area contributed by atoms with Crippen LogP contribution in [0.2, 0.25) is 15.1 Å². The zero-order chi connectivity index (χ0) is 50.7. The predicted octanol–water partition coefficient (Wildman–Crippen LogP) is 9.17. The maximum Gasteiger partial charge on any atom is 0.411 e. The summed E-state index contributed by atoms with van der Waals surface area (Å²) in [6.07, 6.45) is 4.14. The van der Waals surface area contributed by atoms with Crippen LogP contribution in [0.5, 0.6) is 0 Å². The first-order valence-corrected chi connectivity index (χ1v) is 24.1. The zero-order valence-corrected chi connectivity index (χ0v) is 42.8. The summed E-state index contributed by atoms with van der Waals surface area (Å²) in [5.41, 5.74) is 5.21. The fourth-order valence-electron chi connectivity index (χ4n) is 8.73. The fourth-order valence-corrected chi connectivity index (χ4v) is 9.31. The fraction of sp³-hybridized carbons (Fsp3) is 0.531. The van der Waals surface area contributed by atoms with E-state index in [1.54, 1.807) is 82.8 Å². The average molecular weight is 1060 g/mol. The number of halogens is 7. The summed E-state index contributed by atoms with van der Waals surface area (Å²) in [5, 5.41) is 18.0. The van der Waals surface area contributed by atoms with Crippen molar-refractivity contribution in [3.8, 4) is 0 Å². The SMILES string of the molecule is CC(C)(C)OC(=O)N1[C@@H]2C[C@@H]2C[C@H]1C(=O)NCc1cccc(Cl)c1F.CC(C)(C)OC(=O)N1[C@@H]2C[C@@H]2C[C@H]1C(=O)O.Cl.NCc1cccc(Cl)c1F.O=C(NCc1cccc(Cl)c1F)[C@@H]1C[C@H]2C[C@H]2N1. The van der Waals surface area contributed by atoms with Gasteiger partial charge in [-0.05, 0) is 116 Å². The first-order chi connectivity index (χ1) is 32.4. The molecular formula is C49H61Cl4F3N6O8. The van der Waals surface area contributed by atoms with Gasteiger partial charge in [0, 0.05) is 54.5 Å². The van der Waals surface area contributed by atoms with E-state index in [1.165, 1.54) is 29.5 Å². The van der Waals surface area contributed by atoms with Crippen LogP contribution in [0.15, 0.2) is 54.6 Å². The molecule has 4 amide bonds. The molecule has 0 unspecified atom stereocenters. The summed E-state index contributed by atoms with van der Waals surface area (Å²) in [7, 11) is 0. The Bertz CT molecular complexity index is 2400. The van der Waals surface area contributed by atoms with Gasteiger partial charge < -0.3 is 36.3 Å². The minimum atomic E-state index is -0.932. The molecule has 9 atom stereocenters. The Morgan fingerprint density at radius 1 is 0.643 bits per heavy atom. The molecule has 6 N–H and O–H groups in total. The molecule has 0 spiro atoms. The molecule has 9 rings (SSSR count). The summed E-state index contributed by atoms with van der Waals surface area (Å²) in [6.45, 7) is 11.1. The predicted molar refractivity (Wildman–Crippen MR) is 261 cm³/mol. The molecule has 0 bridgehead atoms. The van der Waals surface area contributed by atoms with Crippen LogP contribution >= 0.6 is 47.2 Å². The molecule has 70 heavy (non-hydrogen) atoms. The number of nitrogens with two attached hydrogens (primary N) is 1. The molecule has 3 aromatic carbocycles. The van der Waals surface area contributed by atoms with Crippen molar-refractivity contribution in [3.05, 3.63) is 104 Å². The summed E-state index contributed by atoms with van der Waals surface area (Å²) < 4.78 is 51.0. The van der Waals surface area contributed by atoms with Crippen molar-refractivity contribution in [1.82, 2.24) is 25.8 Å². The van der Waals surface area contributed by atoms with Crippen molar-refractivity contribution >= 4 is 77.2 Å². The highest BCUT2D eigenvalue weighted by molar-refractivity contribution is 6.31. The topological polar surface area (TPSA) is 193 Å². The van der Waals surface area contributed by atoms with E-state index in [9.17, 15) is 37.1 Å². The quantitative estimate of drug-likeness (QED) is 0.145. The number of nitrogens with zero attached hydrogens (tertiary/aromatic N) is 2. The maximum atomic E-state index is 13.9. The number of carbonyl (C=O) groups excluding carboxylic acids is 4. The van der Waals surface area contributed by atoms with Gasteiger partial charge in [-0.1, -0.05) is 71.2 Å². The van der Waals surface area contributed by atoms with E-state index in [2.05, 4.69) is 16.0 Å². The second kappa shape index (κ2) is 23.4. The van der Waals surface area contributed by atoms with E-state index in [4.69, 9.17) is 55.1 Å². The first-order valence-electron chi connectivity index (χ1n) is 22.9. The smallest absolute Gasteiger partial charge is 0.411 e. The number of rotatable bonds is 8. The number of fused-ring (bicyclic) bond motifs is 3. The number of aliphatic carboxylic acids is 1. The molecule has 3 heterocycles. The Labute approximate surface area is 427 Å². The second-order valence-electron chi connectivity index (χ2n) is 20.1. The van der Waals surface area contributed by atoms with Crippen LogP contribution in [0.1, 0.15) is 96.8 Å². The van der Waals surface area contributed by atoms with Gasteiger partial charge in [0.2, 0.25) is 11.8 Å². The number of amides is 4. The summed E-state index contributed by atoms with van der Waals surface area (Å²) in [4.78, 5) is 62.6. The maximum absolute atomic E-state index is 13.9. The number of carboxylic acids is 1. The van der Waals surface area contributed by atoms with Gasteiger partial charge in [0.15, 0.2) is 0 Å². The Morgan fingerprint density at radius 2 is 1.06 bits per heavy atom. The zero-order valence-electron chi connectivity index (χ0n) is 39.7. The van der Waals surface area contributed by atoms with Gasteiger partial charge in [-0.15, -0.1) is 12.4 Å². The normalized spacial score (nSPS) is 25.0. The molecule has 3 saturated heterocycles. The molecule has 3 aromatic rings. The van der Waals surface area contributed by atoms with Crippen molar-refractivity contribution in [3.63, 3.8) is 0 Å². The molecule has 21 heteroatoms. The van der Waals surface area contributed by atoms with E-state index in [1.807, 2.05) is 0 Å². The minimum Gasteiger partial charge on any atom is -0.480 e. The van der Waals surface area contributed by atoms with Crippen molar-refractivity contribution in [2.24, 2.45) is 23.5 Å². The van der Waals surface area contributed by atoms with Crippen molar-refractivity contribution in [2.45, 2.75) is 147 Å². The highest BCUT2D eigenvalue weighted by Crippen LogP contribution is 2.49. The van der Waals surface area contributed by atoms with Crippen LogP contribution in [0.4, 0.5) is 22.8 Å². The van der Waals surface area contributed by atoms with Crippen LogP contribution in [0, 0.1) is 35.2 Å². The number of ether oxygens (including phenoxy) is 2. The standard InChI is InChI=1S/C18H22ClFN2O3.C13H14ClFN2O.C11H17NO4.C7H7ClFN.ClH/c1-18(2,3)25-17(24)22-13-7-11(13)8-14(22)16(23)21-9-10-5-4-6-12(19)15(10)20;14-9-3-1-2-7(12(9)15)6-16-13(18)11-5-8-4-10(8)17-11;1-11(2,3)16-10(15)12-7-4-6(7)5-8(12)9(13)14;8-6-3-1-2-5(4-10)7(6)9;/h4-6,11,13-14H,7-9H2,1-3H3,(H,21,23);1-3,8,10-11,17H,4-6H2,(H,16,18);6-8H,4-5H2,1-3H3,(H,13,14);1-3H,4,10H2;1H/t11-,13-,14+;8-,10-,11+;6-,7-,8+;;/m111../s1. The Morgan fingerprint density at radius 3 is 1.46 bits per heavy atom. The third-order valence-corrected chi connectivity index (χ3v) is 13.3. The Kier molecular flexibility index (Phi) is 18.8. The van der Waals surface area contributed by atoms with E-state index >= 15 is 0 Å². The van der Waals surface area contributed by atoms with Crippen LogP contribution in [0.25, 0.3) is 0 Å². The lowest BCUT2D eigenvalue weighted by Crippen LogP contribution is -2.49. The lowest BCUT2D eigenvalue weighted by Gasteiger charge is -2.29. The second-order valence-corrected chi connectivity index (χ2v) is 21.3. The number of carbonyl (C=O) groups is 5. The molecule has 0 radical (unpaired) electrons. The van der Waals surface area contributed by atoms with Crippen LogP contribution in [-0.4, -0.2) is 92.3 Å². The molecule has 384 valence electrons. The molecule has 14 nitrogen and oxygen atoms in total. The summed E-state index contributed by atoms with van der Waals surface area (Å²) in [5.74, 6) is -1.29. The molecule has 0 aromatic heterocycles. The Balaban J connectivity index is 0.000000181. The third-order valence-electron chi connectivity index (χ3n) is 12.4. The molecule has 3 aliphatic carbocycles. The van der Waals surface area contributed by atoms with Gasteiger partial charge in [0.25, 0.3) is 0 Å². The third kappa shape index (κ3) is 14.8. The first kappa shape index (κ1) is 56.4. The molecule has 6 aliphatic rings. The number of hydrogen-bond donors (Lipinski definition) is 5. The van der Waals surface area contributed by atoms with Gasteiger partial charge in [-0.2, -0.15) is 0 Å². The number of piperidine rings is 3. The molecule has 3 saturated carbocycles. The van der Waals surface area contributed by atoms with Gasteiger partial charge in [0.1, 0.15) is 40.7 Å². The minimum absolute atomic E-state index is 0. The number of likely N-dealkylation sites (tertiary alicyclic amines) is 2. The van der Waals surface area contributed by atoms with E-state index in [0.29, 0.717) is 53.3 Å².